The van der Waals surface area contributed by atoms with Crippen LogP contribution in [0, 0.1) is 0 Å². The minimum atomic E-state index is -4.49. The van der Waals surface area contributed by atoms with Crippen LogP contribution in [0.5, 0.6) is 0 Å². The summed E-state index contributed by atoms with van der Waals surface area (Å²) < 4.78 is 36.1. The molecule has 1 N–H and O–H groups in total. The van der Waals surface area contributed by atoms with Crippen LogP contribution in [0.3, 0.4) is 0 Å². The average Bonchev–Trinajstić information content (AvgIpc) is 2.40. The Morgan fingerprint density at radius 3 is 2.05 bits per heavy atom. The standard InChI is InChI=1S/C8H5F3O2.C5H5N/c9-8(10,11)6-3-1-2-5(4-6)7(12)13;1-2-4-6-5-3-1/h1-4H,(H,12,13);1-5H. The molecular formula is C13H10F3NO2. The van der Waals surface area contributed by atoms with Gasteiger partial charge in [0.2, 0.25) is 0 Å². The molecule has 0 aliphatic rings. The number of benzene rings is 1. The van der Waals surface area contributed by atoms with Crippen LogP contribution in [0.25, 0.3) is 0 Å². The maximum atomic E-state index is 12.0. The number of pyridine rings is 1. The molecule has 0 fully saturated rings. The number of carbonyl (C=O) groups is 1. The molecule has 19 heavy (non-hydrogen) atoms. The van der Waals surface area contributed by atoms with Gasteiger partial charge in [0, 0.05) is 12.4 Å². The van der Waals surface area contributed by atoms with E-state index in [-0.39, 0.29) is 5.56 Å². The van der Waals surface area contributed by atoms with E-state index in [0.29, 0.717) is 6.07 Å². The molecular weight excluding hydrogens is 259 g/mol. The molecule has 3 nitrogen and oxygen atoms in total. The lowest BCUT2D eigenvalue weighted by atomic mass is 10.1. The van der Waals surface area contributed by atoms with Gasteiger partial charge in [-0.05, 0) is 30.3 Å². The van der Waals surface area contributed by atoms with Gasteiger partial charge in [-0.15, -0.1) is 0 Å². The van der Waals surface area contributed by atoms with Crippen molar-refractivity contribution in [1.82, 2.24) is 4.98 Å². The summed E-state index contributed by atoms with van der Waals surface area (Å²) in [5, 5.41) is 8.41. The quantitative estimate of drug-likeness (QED) is 0.862. The molecule has 0 aliphatic carbocycles. The number of alkyl halides is 3. The van der Waals surface area contributed by atoms with Crippen LogP contribution in [0.4, 0.5) is 13.2 Å². The van der Waals surface area contributed by atoms with Gasteiger partial charge in [0.15, 0.2) is 0 Å². The lowest BCUT2D eigenvalue weighted by Crippen LogP contribution is -2.06. The molecule has 0 spiro atoms. The minimum Gasteiger partial charge on any atom is -0.478 e. The molecule has 2 rings (SSSR count). The molecule has 1 heterocycles. The van der Waals surface area contributed by atoms with Crippen molar-refractivity contribution in [2.45, 2.75) is 6.18 Å². The van der Waals surface area contributed by atoms with Crippen molar-refractivity contribution in [3.05, 3.63) is 66.0 Å². The Hall–Kier alpha value is -2.37. The summed E-state index contributed by atoms with van der Waals surface area (Å²) in [7, 11) is 0. The van der Waals surface area contributed by atoms with Crippen LogP contribution in [-0.2, 0) is 6.18 Å². The number of rotatable bonds is 1. The highest BCUT2D eigenvalue weighted by Gasteiger charge is 2.30. The van der Waals surface area contributed by atoms with E-state index in [1.807, 2.05) is 18.2 Å². The molecule has 100 valence electrons. The van der Waals surface area contributed by atoms with Crippen LogP contribution < -0.4 is 0 Å². The summed E-state index contributed by atoms with van der Waals surface area (Å²) in [6.45, 7) is 0. The summed E-state index contributed by atoms with van der Waals surface area (Å²) in [5.74, 6) is -1.37. The maximum Gasteiger partial charge on any atom is 0.416 e. The van der Waals surface area contributed by atoms with Crippen molar-refractivity contribution in [3.8, 4) is 0 Å². The predicted octanol–water partition coefficient (Wildman–Crippen LogP) is 3.49. The number of carboxylic acid groups (broad SMARTS) is 1. The van der Waals surface area contributed by atoms with Gasteiger partial charge in [0.05, 0.1) is 11.1 Å². The lowest BCUT2D eigenvalue weighted by molar-refractivity contribution is -0.137. The Morgan fingerprint density at radius 1 is 1.05 bits per heavy atom. The van der Waals surface area contributed by atoms with Crippen LogP contribution in [0.2, 0.25) is 0 Å². The lowest BCUT2D eigenvalue weighted by Gasteiger charge is -2.06. The van der Waals surface area contributed by atoms with Gasteiger partial charge < -0.3 is 5.11 Å². The van der Waals surface area contributed by atoms with Gasteiger partial charge >= 0.3 is 12.1 Å². The molecule has 0 saturated heterocycles. The summed E-state index contributed by atoms with van der Waals surface area (Å²) in [6.07, 6.45) is -0.995. The molecule has 0 amide bonds. The first-order valence-corrected chi connectivity index (χ1v) is 5.17. The van der Waals surface area contributed by atoms with Crippen molar-refractivity contribution in [2.24, 2.45) is 0 Å². The monoisotopic (exact) mass is 269 g/mol. The normalized spacial score (nSPS) is 10.3. The SMILES string of the molecule is O=C(O)c1cccc(C(F)(F)F)c1.c1ccncc1. The van der Waals surface area contributed by atoms with E-state index in [4.69, 9.17) is 5.11 Å². The van der Waals surface area contributed by atoms with E-state index >= 15 is 0 Å². The highest BCUT2D eigenvalue weighted by atomic mass is 19.4. The number of carboxylic acids is 1. The molecule has 2 aromatic rings. The third-order valence-electron chi connectivity index (χ3n) is 2.00. The molecule has 0 atom stereocenters. The van der Waals surface area contributed by atoms with Gasteiger partial charge in [-0.2, -0.15) is 13.2 Å². The topological polar surface area (TPSA) is 50.2 Å². The van der Waals surface area contributed by atoms with Gasteiger partial charge in [0.25, 0.3) is 0 Å². The highest BCUT2D eigenvalue weighted by Crippen LogP contribution is 2.29. The first-order chi connectivity index (χ1) is 8.91. The Morgan fingerprint density at radius 2 is 1.68 bits per heavy atom. The van der Waals surface area contributed by atoms with Crippen molar-refractivity contribution >= 4 is 5.97 Å². The largest absolute Gasteiger partial charge is 0.478 e. The van der Waals surface area contributed by atoms with Gasteiger partial charge in [-0.25, -0.2) is 4.79 Å². The van der Waals surface area contributed by atoms with Gasteiger partial charge in [-0.3, -0.25) is 4.98 Å². The fraction of sp³-hybridized carbons (Fsp3) is 0.0769. The van der Waals surface area contributed by atoms with E-state index in [1.165, 1.54) is 0 Å². The zero-order chi connectivity index (χ0) is 14.3. The number of aromatic carboxylic acids is 1. The zero-order valence-electron chi connectivity index (χ0n) is 9.63. The molecule has 1 aromatic carbocycles. The maximum absolute atomic E-state index is 12.0. The van der Waals surface area contributed by atoms with Crippen LogP contribution in [-0.4, -0.2) is 16.1 Å². The van der Waals surface area contributed by atoms with E-state index in [0.717, 1.165) is 18.2 Å². The van der Waals surface area contributed by atoms with Crippen LogP contribution in [0.15, 0.2) is 54.9 Å². The Kier molecular flexibility index (Phi) is 5.05. The Bertz CT molecular complexity index is 500. The molecule has 0 radical (unpaired) electrons. The summed E-state index contributed by atoms with van der Waals surface area (Å²) in [5.41, 5.74) is -1.32. The molecule has 6 heteroatoms. The second-order valence-electron chi connectivity index (χ2n) is 3.41. The third-order valence-corrected chi connectivity index (χ3v) is 2.00. The number of halogens is 3. The Balaban J connectivity index is 0.000000250. The fourth-order valence-corrected chi connectivity index (χ4v) is 1.14. The predicted molar refractivity (Wildman–Crippen MR) is 62.6 cm³/mol. The second kappa shape index (κ2) is 6.53. The van der Waals surface area contributed by atoms with Gasteiger partial charge in [-0.1, -0.05) is 12.1 Å². The average molecular weight is 269 g/mol. The minimum absolute atomic E-state index is 0.366. The zero-order valence-corrected chi connectivity index (χ0v) is 9.63. The molecule has 0 aliphatic heterocycles. The number of hydrogen-bond acceptors (Lipinski definition) is 2. The highest BCUT2D eigenvalue weighted by molar-refractivity contribution is 5.87. The summed E-state index contributed by atoms with van der Waals surface area (Å²) in [6, 6.07) is 9.31. The van der Waals surface area contributed by atoms with Crippen molar-refractivity contribution in [2.75, 3.05) is 0 Å². The van der Waals surface area contributed by atoms with E-state index in [9.17, 15) is 18.0 Å². The smallest absolute Gasteiger partial charge is 0.416 e. The number of hydrogen-bond donors (Lipinski definition) is 1. The number of nitrogens with zero attached hydrogens (tertiary/aromatic N) is 1. The van der Waals surface area contributed by atoms with E-state index < -0.39 is 17.7 Å². The first kappa shape index (κ1) is 14.7. The first-order valence-electron chi connectivity index (χ1n) is 5.17. The summed E-state index contributed by atoms with van der Waals surface area (Å²) in [4.78, 5) is 14.1. The van der Waals surface area contributed by atoms with E-state index in [2.05, 4.69) is 4.98 Å². The number of aromatic nitrogens is 1. The van der Waals surface area contributed by atoms with Crippen LogP contribution >= 0.6 is 0 Å². The van der Waals surface area contributed by atoms with Crippen molar-refractivity contribution in [1.29, 1.82) is 0 Å². The molecule has 0 saturated carbocycles. The third kappa shape index (κ3) is 5.20. The van der Waals surface area contributed by atoms with Crippen molar-refractivity contribution < 1.29 is 23.1 Å². The molecule has 0 bridgehead atoms. The van der Waals surface area contributed by atoms with Gasteiger partial charge in [0.1, 0.15) is 0 Å². The fourth-order valence-electron chi connectivity index (χ4n) is 1.14. The van der Waals surface area contributed by atoms with Crippen LogP contribution in [0.1, 0.15) is 15.9 Å². The van der Waals surface area contributed by atoms with Crippen molar-refractivity contribution in [3.63, 3.8) is 0 Å². The Labute approximate surface area is 107 Å². The summed E-state index contributed by atoms with van der Waals surface area (Å²) >= 11 is 0. The van der Waals surface area contributed by atoms with E-state index in [1.54, 1.807) is 12.4 Å². The molecule has 1 aromatic heterocycles. The molecule has 0 unspecified atom stereocenters. The second-order valence-corrected chi connectivity index (χ2v) is 3.41.